The number of nitrogens with one attached hydrogen (secondary N) is 1. The number of hydrogen-bond donors (Lipinski definition) is 2. The Labute approximate surface area is 134 Å². The van der Waals surface area contributed by atoms with Crippen molar-refractivity contribution in [3.8, 4) is 0 Å². The van der Waals surface area contributed by atoms with Crippen molar-refractivity contribution in [1.82, 2.24) is 0 Å². The lowest BCUT2D eigenvalue weighted by Crippen LogP contribution is -2.45. The lowest BCUT2D eigenvalue weighted by atomic mass is 9.91. The molecule has 104 valence electrons. The highest BCUT2D eigenvalue weighted by molar-refractivity contribution is 9.10. The molecule has 20 heavy (non-hydrogen) atoms. The Bertz CT molecular complexity index is 628. The van der Waals surface area contributed by atoms with E-state index >= 15 is 0 Å². The van der Waals surface area contributed by atoms with Crippen LogP contribution in [0.5, 0.6) is 0 Å². The third kappa shape index (κ3) is 3.04. The van der Waals surface area contributed by atoms with Crippen LogP contribution in [0, 0.1) is 0 Å². The van der Waals surface area contributed by atoms with Gasteiger partial charge in [0.25, 0.3) is 0 Å². The van der Waals surface area contributed by atoms with Gasteiger partial charge >= 0.3 is 0 Å². The van der Waals surface area contributed by atoms with Crippen LogP contribution in [0.4, 0.5) is 5.69 Å². The molecule has 1 atom stereocenters. The Kier molecular flexibility index (Phi) is 4.50. The molecule has 0 spiro atoms. The maximum absolute atomic E-state index is 12.0. The normalized spacial score (nSPS) is 13.6. The Hall–Kier alpha value is -1.33. The van der Waals surface area contributed by atoms with Gasteiger partial charge in [-0.2, -0.15) is 0 Å². The van der Waals surface area contributed by atoms with E-state index in [0.29, 0.717) is 0 Å². The maximum atomic E-state index is 12.0. The molecule has 0 radical (unpaired) electrons. The number of amides is 1. The molecule has 5 heteroatoms. The van der Waals surface area contributed by atoms with Gasteiger partial charge in [-0.1, -0.05) is 40.2 Å². The van der Waals surface area contributed by atoms with E-state index in [2.05, 4.69) is 37.2 Å². The van der Waals surface area contributed by atoms with E-state index in [0.717, 1.165) is 20.2 Å². The van der Waals surface area contributed by atoms with Crippen molar-refractivity contribution in [2.24, 2.45) is 5.73 Å². The van der Waals surface area contributed by atoms with Gasteiger partial charge in [0.1, 0.15) is 5.54 Å². The highest BCUT2D eigenvalue weighted by Gasteiger charge is 2.33. The van der Waals surface area contributed by atoms with Crippen molar-refractivity contribution in [2.75, 3.05) is 5.32 Å². The summed E-state index contributed by atoms with van der Waals surface area (Å²) in [6.45, 7) is 1.78. The molecule has 0 bridgehead atoms. The summed E-state index contributed by atoms with van der Waals surface area (Å²) in [5.74, 6) is -0.435. The number of rotatable bonds is 4. The molecule has 1 unspecified atom stereocenters. The van der Waals surface area contributed by atoms with Crippen LogP contribution < -0.4 is 11.1 Å². The monoisotopic (exact) mass is 396 g/mol. The highest BCUT2D eigenvalue weighted by Crippen LogP contribution is 2.30. The number of hydrogen-bond acceptors (Lipinski definition) is 2. The van der Waals surface area contributed by atoms with Gasteiger partial charge in [-0.3, -0.25) is 4.79 Å². The fourth-order valence-corrected chi connectivity index (χ4v) is 2.54. The van der Waals surface area contributed by atoms with Crippen LogP contribution in [-0.2, 0) is 10.3 Å². The number of para-hydroxylation sites is 1. The molecule has 3 nitrogen and oxygen atoms in total. The summed E-state index contributed by atoms with van der Waals surface area (Å²) in [6, 6.07) is 15.1. The van der Waals surface area contributed by atoms with Gasteiger partial charge in [0.2, 0.25) is 5.91 Å². The second kappa shape index (κ2) is 5.97. The summed E-state index contributed by atoms with van der Waals surface area (Å²) in [5, 5.41) is 3.22. The van der Waals surface area contributed by atoms with Crippen molar-refractivity contribution < 1.29 is 4.79 Å². The first-order valence-electron chi connectivity index (χ1n) is 6.02. The van der Waals surface area contributed by atoms with Crippen LogP contribution in [0.2, 0.25) is 0 Å². The molecule has 0 aliphatic heterocycles. The topological polar surface area (TPSA) is 55.1 Å². The number of halogens is 2. The molecule has 2 aromatic rings. The van der Waals surface area contributed by atoms with Gasteiger partial charge in [0.15, 0.2) is 0 Å². The number of anilines is 1. The molecule has 0 aromatic heterocycles. The Balaban J connectivity index is 2.43. The van der Waals surface area contributed by atoms with E-state index in [1.165, 1.54) is 0 Å². The molecule has 0 saturated heterocycles. The standard InChI is InChI=1S/C15H14Br2N2O/c1-15(14(18)20,10-6-8-11(16)9-7-10)19-13-5-3-2-4-12(13)17/h2-9,19H,1H3,(H2,18,20). The molecular weight excluding hydrogens is 384 g/mol. The van der Waals surface area contributed by atoms with E-state index in [1.54, 1.807) is 6.92 Å². The largest absolute Gasteiger partial charge is 0.367 e. The van der Waals surface area contributed by atoms with Crippen molar-refractivity contribution in [1.29, 1.82) is 0 Å². The summed E-state index contributed by atoms with van der Waals surface area (Å²) < 4.78 is 1.83. The number of nitrogens with two attached hydrogens (primary N) is 1. The average Bonchev–Trinajstić information content (AvgIpc) is 2.42. The number of carbonyl (C=O) groups excluding carboxylic acids is 1. The Morgan fingerprint density at radius 2 is 1.70 bits per heavy atom. The minimum Gasteiger partial charge on any atom is -0.367 e. The maximum Gasteiger partial charge on any atom is 0.247 e. The Morgan fingerprint density at radius 1 is 1.10 bits per heavy atom. The first-order valence-corrected chi connectivity index (χ1v) is 7.61. The second-order valence-electron chi connectivity index (χ2n) is 4.60. The molecule has 2 rings (SSSR count). The van der Waals surface area contributed by atoms with Gasteiger partial charge in [-0.25, -0.2) is 0 Å². The van der Waals surface area contributed by atoms with Gasteiger partial charge in [-0.15, -0.1) is 0 Å². The summed E-state index contributed by atoms with van der Waals surface area (Å²) >= 11 is 6.84. The number of primary amides is 1. The number of carbonyl (C=O) groups is 1. The molecular formula is C15H14Br2N2O. The average molecular weight is 398 g/mol. The van der Waals surface area contributed by atoms with Gasteiger partial charge < -0.3 is 11.1 Å². The lowest BCUT2D eigenvalue weighted by molar-refractivity contribution is -0.122. The minimum atomic E-state index is -0.982. The number of benzene rings is 2. The van der Waals surface area contributed by atoms with Crippen molar-refractivity contribution in [3.63, 3.8) is 0 Å². The molecule has 2 aromatic carbocycles. The molecule has 0 aliphatic carbocycles. The second-order valence-corrected chi connectivity index (χ2v) is 6.37. The zero-order valence-corrected chi connectivity index (χ0v) is 14.0. The van der Waals surface area contributed by atoms with E-state index in [9.17, 15) is 4.79 Å². The van der Waals surface area contributed by atoms with E-state index < -0.39 is 11.4 Å². The van der Waals surface area contributed by atoms with E-state index in [1.807, 2.05) is 48.5 Å². The summed E-state index contributed by atoms with van der Waals surface area (Å²) in [7, 11) is 0. The van der Waals surface area contributed by atoms with E-state index in [4.69, 9.17) is 5.73 Å². The van der Waals surface area contributed by atoms with Crippen LogP contribution in [0.1, 0.15) is 12.5 Å². The first kappa shape index (κ1) is 15.1. The van der Waals surface area contributed by atoms with Crippen molar-refractivity contribution in [3.05, 3.63) is 63.0 Å². The first-order chi connectivity index (χ1) is 9.43. The quantitative estimate of drug-likeness (QED) is 0.818. The fourth-order valence-electron chi connectivity index (χ4n) is 1.89. The zero-order chi connectivity index (χ0) is 14.8. The van der Waals surface area contributed by atoms with Crippen LogP contribution in [0.3, 0.4) is 0 Å². The predicted molar refractivity (Wildman–Crippen MR) is 88.5 cm³/mol. The molecule has 0 heterocycles. The minimum absolute atomic E-state index is 0.435. The lowest BCUT2D eigenvalue weighted by Gasteiger charge is -2.29. The molecule has 0 aliphatic rings. The van der Waals surface area contributed by atoms with Crippen molar-refractivity contribution >= 4 is 43.5 Å². The van der Waals surface area contributed by atoms with Crippen LogP contribution >= 0.6 is 31.9 Å². The van der Waals surface area contributed by atoms with Crippen LogP contribution in [0.25, 0.3) is 0 Å². The summed E-state index contributed by atoms with van der Waals surface area (Å²) in [5.41, 5.74) is 6.25. The van der Waals surface area contributed by atoms with Crippen molar-refractivity contribution in [2.45, 2.75) is 12.5 Å². The predicted octanol–water partition coefficient (Wildman–Crippen LogP) is 4.02. The molecule has 3 N–H and O–H groups in total. The third-order valence-corrected chi connectivity index (χ3v) is 4.39. The van der Waals surface area contributed by atoms with Gasteiger partial charge in [0, 0.05) is 14.6 Å². The smallest absolute Gasteiger partial charge is 0.247 e. The van der Waals surface area contributed by atoms with Crippen LogP contribution in [-0.4, -0.2) is 5.91 Å². The zero-order valence-electron chi connectivity index (χ0n) is 10.9. The third-order valence-electron chi connectivity index (χ3n) is 3.17. The molecule has 0 saturated carbocycles. The summed E-state index contributed by atoms with van der Waals surface area (Å²) in [6.07, 6.45) is 0. The van der Waals surface area contributed by atoms with Gasteiger partial charge in [0.05, 0.1) is 0 Å². The fraction of sp³-hybridized carbons (Fsp3) is 0.133. The van der Waals surface area contributed by atoms with Crippen LogP contribution in [0.15, 0.2) is 57.5 Å². The van der Waals surface area contributed by atoms with E-state index in [-0.39, 0.29) is 0 Å². The molecule has 0 fully saturated rings. The SMILES string of the molecule is CC(Nc1ccccc1Br)(C(N)=O)c1ccc(Br)cc1. The summed E-state index contributed by atoms with van der Waals surface area (Å²) in [4.78, 5) is 12.0. The van der Waals surface area contributed by atoms with Gasteiger partial charge in [-0.05, 0) is 52.7 Å². The highest BCUT2D eigenvalue weighted by atomic mass is 79.9. The molecule has 1 amide bonds. The Morgan fingerprint density at radius 3 is 2.25 bits per heavy atom.